The summed E-state index contributed by atoms with van der Waals surface area (Å²) in [7, 11) is 0. The van der Waals surface area contributed by atoms with Gasteiger partial charge in [-0.25, -0.2) is 4.39 Å². The van der Waals surface area contributed by atoms with Crippen LogP contribution in [-0.2, 0) is 24.4 Å². The minimum atomic E-state index is -0.419. The second kappa shape index (κ2) is 11.0. The van der Waals surface area contributed by atoms with Crippen molar-refractivity contribution >= 4 is 35.0 Å². The third kappa shape index (κ3) is 6.15. The molecule has 1 fully saturated rings. The number of nitrogens with one attached hydrogen (secondary N) is 1. The highest BCUT2D eigenvalue weighted by Gasteiger charge is 2.28. The van der Waals surface area contributed by atoms with E-state index in [4.69, 9.17) is 27.7 Å². The number of hydrogen-bond donors (Lipinski definition) is 1. The first kappa shape index (κ1) is 24.2. The first-order valence-corrected chi connectivity index (χ1v) is 11.9. The van der Waals surface area contributed by atoms with Crippen LogP contribution >= 0.6 is 23.2 Å². The molecule has 1 saturated carbocycles. The lowest BCUT2D eigenvalue weighted by molar-refractivity contribution is -0.137. The average Bonchev–Trinajstić information content (AvgIpc) is 3.53. The van der Waals surface area contributed by atoms with Gasteiger partial charge in [0, 0.05) is 25.1 Å². The van der Waals surface area contributed by atoms with Crippen LogP contribution < -0.4 is 5.32 Å². The Kier molecular flexibility index (Phi) is 7.85. The van der Waals surface area contributed by atoms with Crippen LogP contribution in [-0.4, -0.2) is 21.9 Å². The number of amides is 2. The zero-order chi connectivity index (χ0) is 24.1. The van der Waals surface area contributed by atoms with Crippen molar-refractivity contribution in [2.75, 3.05) is 0 Å². The standard InChI is InChI=1S/C25H24Cl2FN3O3/c26-21-10-7-17(11-22(21)27)14-31(25(33)18-3-1-2-4-18)15-20-12-23(30-34-20)24(32)29-13-16-5-8-19(28)9-6-16/h5-12,18H,1-4,13-15H2,(H,29,32). The van der Waals surface area contributed by atoms with Gasteiger partial charge in [0.15, 0.2) is 11.5 Å². The Balaban J connectivity index is 1.44. The van der Waals surface area contributed by atoms with Gasteiger partial charge < -0.3 is 14.7 Å². The van der Waals surface area contributed by atoms with Gasteiger partial charge in [-0.1, -0.05) is 59.4 Å². The van der Waals surface area contributed by atoms with Gasteiger partial charge >= 0.3 is 0 Å². The van der Waals surface area contributed by atoms with E-state index in [-0.39, 0.29) is 36.4 Å². The molecule has 0 aliphatic heterocycles. The summed E-state index contributed by atoms with van der Waals surface area (Å²) in [6.45, 7) is 0.734. The summed E-state index contributed by atoms with van der Waals surface area (Å²) in [5.74, 6) is -0.337. The summed E-state index contributed by atoms with van der Waals surface area (Å²) < 4.78 is 18.4. The largest absolute Gasteiger partial charge is 0.359 e. The average molecular weight is 504 g/mol. The Morgan fingerprint density at radius 2 is 1.71 bits per heavy atom. The minimum Gasteiger partial charge on any atom is -0.359 e. The molecular weight excluding hydrogens is 480 g/mol. The Bertz CT molecular complexity index is 1160. The number of carbonyl (C=O) groups is 2. The highest BCUT2D eigenvalue weighted by atomic mass is 35.5. The molecule has 0 spiro atoms. The van der Waals surface area contributed by atoms with E-state index in [1.807, 2.05) is 6.07 Å². The van der Waals surface area contributed by atoms with E-state index in [1.54, 1.807) is 29.2 Å². The molecule has 178 valence electrons. The molecule has 4 rings (SSSR count). The molecule has 0 bridgehead atoms. The Hall–Kier alpha value is -2.90. The lowest BCUT2D eigenvalue weighted by atomic mass is 10.1. The maximum atomic E-state index is 13.2. The SMILES string of the molecule is O=C(NCc1ccc(F)cc1)c1cc(CN(Cc2ccc(Cl)c(Cl)c2)C(=O)C2CCCC2)on1. The quantitative estimate of drug-likeness (QED) is 0.423. The minimum absolute atomic E-state index is 0.0239. The molecule has 0 saturated heterocycles. The molecule has 0 unspecified atom stereocenters. The fourth-order valence-corrected chi connectivity index (χ4v) is 4.38. The molecule has 2 amide bonds. The van der Waals surface area contributed by atoms with Crippen molar-refractivity contribution in [1.29, 1.82) is 0 Å². The van der Waals surface area contributed by atoms with Crippen molar-refractivity contribution < 1.29 is 18.5 Å². The molecule has 3 aromatic rings. The van der Waals surface area contributed by atoms with Gasteiger partial charge in [-0.2, -0.15) is 0 Å². The van der Waals surface area contributed by atoms with Gasteiger partial charge in [-0.05, 0) is 48.2 Å². The number of rotatable bonds is 8. The number of halogens is 3. The molecule has 0 atom stereocenters. The van der Waals surface area contributed by atoms with Crippen LogP contribution in [0, 0.1) is 11.7 Å². The molecule has 1 aliphatic rings. The molecule has 2 aromatic carbocycles. The van der Waals surface area contributed by atoms with Gasteiger partial charge in [-0.3, -0.25) is 9.59 Å². The van der Waals surface area contributed by atoms with E-state index < -0.39 is 5.91 Å². The Morgan fingerprint density at radius 3 is 2.41 bits per heavy atom. The van der Waals surface area contributed by atoms with Gasteiger partial charge in [0.2, 0.25) is 5.91 Å². The van der Waals surface area contributed by atoms with Crippen molar-refractivity contribution in [2.45, 2.75) is 45.3 Å². The van der Waals surface area contributed by atoms with Crippen LogP contribution in [0.4, 0.5) is 4.39 Å². The smallest absolute Gasteiger partial charge is 0.273 e. The van der Waals surface area contributed by atoms with Crippen molar-refractivity contribution in [1.82, 2.24) is 15.4 Å². The molecule has 9 heteroatoms. The Morgan fingerprint density at radius 1 is 1.00 bits per heavy atom. The zero-order valence-electron chi connectivity index (χ0n) is 18.4. The van der Waals surface area contributed by atoms with E-state index >= 15 is 0 Å². The number of benzene rings is 2. The molecule has 0 radical (unpaired) electrons. The van der Waals surface area contributed by atoms with Gasteiger partial charge in [0.05, 0.1) is 16.6 Å². The van der Waals surface area contributed by atoms with Crippen LogP contribution in [0.3, 0.4) is 0 Å². The molecule has 1 N–H and O–H groups in total. The lowest BCUT2D eigenvalue weighted by Crippen LogP contribution is -2.34. The van der Waals surface area contributed by atoms with Crippen LogP contribution in [0.2, 0.25) is 10.0 Å². The first-order valence-electron chi connectivity index (χ1n) is 11.1. The van der Waals surface area contributed by atoms with Gasteiger partial charge in [0.25, 0.3) is 5.91 Å². The maximum absolute atomic E-state index is 13.2. The number of aromatic nitrogens is 1. The highest BCUT2D eigenvalue weighted by Crippen LogP contribution is 2.29. The fourth-order valence-electron chi connectivity index (χ4n) is 4.06. The van der Waals surface area contributed by atoms with E-state index in [0.29, 0.717) is 22.4 Å². The van der Waals surface area contributed by atoms with Crippen LogP contribution in [0.5, 0.6) is 0 Å². The molecule has 6 nitrogen and oxygen atoms in total. The monoisotopic (exact) mass is 503 g/mol. The second-order valence-corrected chi connectivity index (χ2v) is 9.23. The Labute approximate surface area is 207 Å². The zero-order valence-corrected chi connectivity index (χ0v) is 19.9. The van der Waals surface area contributed by atoms with Gasteiger partial charge in [0.1, 0.15) is 5.82 Å². The lowest BCUT2D eigenvalue weighted by Gasteiger charge is -2.25. The number of hydrogen-bond acceptors (Lipinski definition) is 4. The third-order valence-electron chi connectivity index (χ3n) is 5.88. The van der Waals surface area contributed by atoms with E-state index in [9.17, 15) is 14.0 Å². The van der Waals surface area contributed by atoms with Crippen LogP contribution in [0.25, 0.3) is 0 Å². The maximum Gasteiger partial charge on any atom is 0.273 e. The third-order valence-corrected chi connectivity index (χ3v) is 6.62. The first-order chi connectivity index (χ1) is 16.4. The number of carbonyl (C=O) groups excluding carboxylic acids is 2. The van der Waals surface area contributed by atoms with Crippen molar-refractivity contribution in [3.8, 4) is 0 Å². The fraction of sp³-hybridized carbons (Fsp3) is 0.320. The van der Waals surface area contributed by atoms with Crippen molar-refractivity contribution in [3.63, 3.8) is 0 Å². The number of nitrogens with zero attached hydrogens (tertiary/aromatic N) is 2. The molecule has 1 heterocycles. The van der Waals surface area contributed by atoms with Crippen LogP contribution in [0.1, 0.15) is 53.1 Å². The predicted molar refractivity (Wildman–Crippen MR) is 127 cm³/mol. The van der Waals surface area contributed by atoms with E-state index in [2.05, 4.69) is 10.5 Å². The highest BCUT2D eigenvalue weighted by molar-refractivity contribution is 6.42. The van der Waals surface area contributed by atoms with Crippen molar-refractivity contribution in [3.05, 3.63) is 87.0 Å². The molecule has 34 heavy (non-hydrogen) atoms. The topological polar surface area (TPSA) is 75.4 Å². The summed E-state index contributed by atoms with van der Waals surface area (Å²) in [4.78, 5) is 27.4. The van der Waals surface area contributed by atoms with Gasteiger partial charge in [-0.15, -0.1) is 0 Å². The second-order valence-electron chi connectivity index (χ2n) is 8.41. The van der Waals surface area contributed by atoms with E-state index in [1.165, 1.54) is 18.2 Å². The summed E-state index contributed by atoms with van der Waals surface area (Å²) in [6.07, 6.45) is 3.81. The predicted octanol–water partition coefficient (Wildman–Crippen LogP) is 5.77. The summed E-state index contributed by atoms with van der Waals surface area (Å²) >= 11 is 12.2. The summed E-state index contributed by atoms with van der Waals surface area (Å²) in [5.41, 5.74) is 1.71. The normalized spacial score (nSPS) is 13.7. The van der Waals surface area contributed by atoms with Crippen LogP contribution in [0.15, 0.2) is 53.1 Å². The molecular formula is C25H24Cl2FN3O3. The summed E-state index contributed by atoms with van der Waals surface area (Å²) in [5, 5.41) is 7.46. The summed E-state index contributed by atoms with van der Waals surface area (Å²) in [6, 6.07) is 12.7. The molecule has 1 aromatic heterocycles. The van der Waals surface area contributed by atoms with Crippen molar-refractivity contribution in [2.24, 2.45) is 5.92 Å². The van der Waals surface area contributed by atoms with E-state index in [0.717, 1.165) is 36.8 Å². The molecule has 1 aliphatic carbocycles.